The van der Waals surface area contributed by atoms with Crippen LogP contribution < -0.4 is 47.0 Å². The molecule has 0 aliphatic carbocycles. The van der Waals surface area contributed by atoms with Crippen LogP contribution in [0.25, 0.3) is 22.3 Å². The average Bonchev–Trinajstić information content (AvgIpc) is 3.59. The van der Waals surface area contributed by atoms with Crippen LogP contribution in [0, 0.1) is 0 Å². The van der Waals surface area contributed by atoms with Crippen molar-refractivity contribution in [2.24, 2.45) is 0 Å². The minimum Gasteiger partial charge on any atom is -0.399 e. The van der Waals surface area contributed by atoms with E-state index in [1.54, 1.807) is 0 Å². The zero-order valence-corrected chi connectivity index (χ0v) is 39.6. The first-order valence-corrected chi connectivity index (χ1v) is 26.8. The van der Waals surface area contributed by atoms with Crippen LogP contribution in [-0.2, 0) is 9.31 Å². The van der Waals surface area contributed by atoms with Gasteiger partial charge in [-0.1, -0.05) is 249 Å². The Kier molecular flexibility index (Phi) is 11.3. The highest BCUT2D eigenvalue weighted by Crippen LogP contribution is 2.36. The van der Waals surface area contributed by atoms with Crippen molar-refractivity contribution in [3.8, 4) is 22.3 Å². The zero-order valence-electron chi connectivity index (χ0n) is 37.6. The van der Waals surface area contributed by atoms with Crippen molar-refractivity contribution in [2.75, 3.05) is 0 Å². The Balaban J connectivity index is 1.37. The number of hydrogen-bond acceptors (Lipinski definition) is 2. The second kappa shape index (κ2) is 17.4. The minimum atomic E-state index is -3.18. The van der Waals surface area contributed by atoms with Gasteiger partial charge in [-0.25, -0.2) is 0 Å². The van der Waals surface area contributed by atoms with E-state index in [1.807, 2.05) is 0 Å². The fourth-order valence-electron chi connectivity index (χ4n) is 10.1. The molecular formula is C60H53BO2Si2. The van der Waals surface area contributed by atoms with Gasteiger partial charge in [-0.05, 0) is 96.9 Å². The van der Waals surface area contributed by atoms with Gasteiger partial charge in [-0.2, -0.15) is 0 Å². The molecule has 5 heteroatoms. The molecule has 0 spiro atoms. The quantitative estimate of drug-likeness (QED) is 0.0968. The zero-order chi connectivity index (χ0) is 44.5. The second-order valence-corrected chi connectivity index (χ2v) is 25.9. The lowest BCUT2D eigenvalue weighted by Crippen LogP contribution is -2.78. The molecule has 0 saturated carbocycles. The molecule has 1 fully saturated rings. The van der Waals surface area contributed by atoms with Crippen molar-refractivity contribution in [2.45, 2.75) is 38.9 Å². The maximum atomic E-state index is 7.08. The summed E-state index contributed by atoms with van der Waals surface area (Å²) in [4.78, 5) is 0. The predicted molar refractivity (Wildman–Crippen MR) is 280 cm³/mol. The normalized spacial score (nSPS) is 14.6. The van der Waals surface area contributed by atoms with E-state index < -0.39 is 34.5 Å². The molecule has 316 valence electrons. The van der Waals surface area contributed by atoms with Gasteiger partial charge in [0.15, 0.2) is 16.1 Å². The van der Waals surface area contributed by atoms with Crippen molar-refractivity contribution in [3.05, 3.63) is 249 Å². The molecule has 9 aromatic rings. The monoisotopic (exact) mass is 872 g/mol. The van der Waals surface area contributed by atoms with Crippen LogP contribution in [0.1, 0.15) is 27.7 Å². The summed E-state index contributed by atoms with van der Waals surface area (Å²) in [6.07, 6.45) is 0. The molecular weight excluding hydrogens is 820 g/mol. The third kappa shape index (κ3) is 7.58. The summed E-state index contributed by atoms with van der Waals surface area (Å²) >= 11 is 0. The molecule has 0 aromatic heterocycles. The Morgan fingerprint density at radius 1 is 0.277 bits per heavy atom. The highest BCUT2D eigenvalue weighted by atomic mass is 28.3. The van der Waals surface area contributed by atoms with Gasteiger partial charge in [-0.3, -0.25) is 0 Å². The maximum absolute atomic E-state index is 7.08. The lowest BCUT2D eigenvalue weighted by atomic mass is 9.79. The van der Waals surface area contributed by atoms with Crippen LogP contribution in [0.4, 0.5) is 0 Å². The van der Waals surface area contributed by atoms with Gasteiger partial charge < -0.3 is 9.31 Å². The maximum Gasteiger partial charge on any atom is 0.494 e. The van der Waals surface area contributed by atoms with Crippen LogP contribution in [0.15, 0.2) is 249 Å². The number of hydrogen-bond donors (Lipinski definition) is 0. The van der Waals surface area contributed by atoms with E-state index >= 15 is 0 Å². The van der Waals surface area contributed by atoms with Crippen molar-refractivity contribution in [3.63, 3.8) is 0 Å². The Morgan fingerprint density at radius 2 is 0.554 bits per heavy atom. The first-order valence-electron chi connectivity index (χ1n) is 22.8. The molecule has 0 bridgehead atoms. The molecule has 1 saturated heterocycles. The van der Waals surface area contributed by atoms with Crippen LogP contribution in [0.2, 0.25) is 0 Å². The van der Waals surface area contributed by atoms with Crippen LogP contribution >= 0.6 is 0 Å². The Labute approximate surface area is 387 Å². The second-order valence-electron chi connectivity index (χ2n) is 18.3. The summed E-state index contributed by atoms with van der Waals surface area (Å²) in [5.74, 6) is 0. The van der Waals surface area contributed by atoms with Gasteiger partial charge in [0, 0.05) is 0 Å². The molecule has 0 atom stereocenters. The lowest BCUT2D eigenvalue weighted by Gasteiger charge is -2.39. The van der Waals surface area contributed by atoms with Crippen molar-refractivity contribution < 1.29 is 9.31 Å². The van der Waals surface area contributed by atoms with Crippen LogP contribution in [0.3, 0.4) is 0 Å². The standard InChI is InChI=1S/C60H53BO2Si2/c1-59(2)60(3,4)63-61(62-59)50-43-57(64(51-31-15-7-16-32-51,52-33-17-8-18-34-52)55-39-23-29-48(41-55)46-25-11-5-12-26-46)45-58(44-50)65(53-35-19-9-20-36-53,54-37-21-10-22-38-54)56-40-24-30-49(42-56)47-27-13-6-14-28-47/h5-45H,1-4H3. The average molecular weight is 873 g/mol. The van der Waals surface area contributed by atoms with Crippen molar-refractivity contribution in [1.29, 1.82) is 0 Å². The fourth-order valence-corrected chi connectivity index (χ4v) is 19.9. The van der Waals surface area contributed by atoms with E-state index in [0.717, 1.165) is 5.46 Å². The Bertz CT molecular complexity index is 2750. The topological polar surface area (TPSA) is 18.5 Å². The third-order valence-corrected chi connectivity index (χ3v) is 23.4. The molecule has 1 aliphatic rings. The minimum absolute atomic E-state index is 0.539. The van der Waals surface area contributed by atoms with Gasteiger partial charge in [0.1, 0.15) is 0 Å². The molecule has 0 radical (unpaired) electrons. The summed E-state index contributed by atoms with van der Waals surface area (Å²) in [5, 5.41) is 10.4. The lowest BCUT2D eigenvalue weighted by molar-refractivity contribution is 0.00578. The predicted octanol–water partition coefficient (Wildman–Crippen LogP) is 8.07. The highest BCUT2D eigenvalue weighted by molar-refractivity contribution is 7.22. The van der Waals surface area contributed by atoms with Gasteiger partial charge in [-0.15, -0.1) is 0 Å². The highest BCUT2D eigenvalue weighted by Gasteiger charge is 2.53. The van der Waals surface area contributed by atoms with E-state index in [9.17, 15) is 0 Å². The summed E-state index contributed by atoms with van der Waals surface area (Å²) in [7, 11) is -6.96. The molecule has 1 heterocycles. The van der Waals surface area contributed by atoms with Gasteiger partial charge in [0.25, 0.3) is 0 Å². The molecule has 0 unspecified atom stereocenters. The Hall–Kier alpha value is -6.60. The van der Waals surface area contributed by atoms with Crippen molar-refractivity contribution >= 4 is 70.2 Å². The summed E-state index contributed by atoms with van der Waals surface area (Å²) in [6, 6.07) is 92.9. The SMILES string of the molecule is CC1(C)OB(c2cc([Si](c3ccccc3)(c3ccccc3)c3cccc(-c4ccccc4)c3)cc([Si](c3ccccc3)(c3ccccc3)c3cccc(-c4ccccc4)c3)c2)OC1(C)C. The van der Waals surface area contributed by atoms with E-state index in [1.165, 1.54) is 63.7 Å². The summed E-state index contributed by atoms with van der Waals surface area (Å²) < 4.78 is 14.2. The molecule has 10 rings (SSSR count). The molecule has 1 aliphatic heterocycles. The summed E-state index contributed by atoms with van der Waals surface area (Å²) in [6.45, 7) is 8.62. The van der Waals surface area contributed by atoms with E-state index in [0.29, 0.717) is 0 Å². The van der Waals surface area contributed by atoms with E-state index in [-0.39, 0.29) is 0 Å². The number of benzene rings is 9. The van der Waals surface area contributed by atoms with E-state index in [2.05, 4.69) is 276 Å². The van der Waals surface area contributed by atoms with Gasteiger partial charge >= 0.3 is 7.12 Å². The third-order valence-electron chi connectivity index (χ3n) is 14.0. The first kappa shape index (κ1) is 42.4. The van der Waals surface area contributed by atoms with Gasteiger partial charge in [0.2, 0.25) is 0 Å². The van der Waals surface area contributed by atoms with Crippen LogP contribution in [-0.4, -0.2) is 34.5 Å². The smallest absolute Gasteiger partial charge is 0.399 e. The molecule has 9 aromatic carbocycles. The molecule has 0 amide bonds. The summed E-state index contributed by atoms with van der Waals surface area (Å²) in [5.41, 5.74) is 4.74. The fraction of sp³-hybridized carbons (Fsp3) is 0.100. The first-order chi connectivity index (χ1) is 31.7. The molecule has 2 nitrogen and oxygen atoms in total. The largest absolute Gasteiger partial charge is 0.494 e. The van der Waals surface area contributed by atoms with E-state index in [4.69, 9.17) is 9.31 Å². The van der Waals surface area contributed by atoms with Gasteiger partial charge in [0.05, 0.1) is 11.2 Å². The van der Waals surface area contributed by atoms with Crippen molar-refractivity contribution in [1.82, 2.24) is 0 Å². The number of rotatable bonds is 11. The van der Waals surface area contributed by atoms with Crippen LogP contribution in [0.5, 0.6) is 0 Å². The molecule has 65 heavy (non-hydrogen) atoms. The molecule has 0 N–H and O–H groups in total. The Morgan fingerprint density at radius 3 is 0.877 bits per heavy atom.